The summed E-state index contributed by atoms with van der Waals surface area (Å²) in [4.78, 5) is 12.0. The van der Waals surface area contributed by atoms with Crippen LogP contribution in [0.2, 0.25) is 0 Å². The Hall–Kier alpha value is -1.59. The molecular formula is C17H23NO4. The molecule has 120 valence electrons. The summed E-state index contributed by atoms with van der Waals surface area (Å²) in [6, 6.07) is 9.55. The van der Waals surface area contributed by atoms with Gasteiger partial charge in [0.1, 0.15) is 6.61 Å². The first-order valence-corrected chi connectivity index (χ1v) is 7.71. The Morgan fingerprint density at radius 2 is 2.00 bits per heavy atom. The second-order valence-corrected chi connectivity index (χ2v) is 6.74. The summed E-state index contributed by atoms with van der Waals surface area (Å²) >= 11 is 0. The molecule has 22 heavy (non-hydrogen) atoms. The summed E-state index contributed by atoms with van der Waals surface area (Å²) in [5.74, 6) is 0. The van der Waals surface area contributed by atoms with Crippen LogP contribution < -0.4 is 5.32 Å². The molecule has 2 fully saturated rings. The number of aliphatic hydroxyl groups excluding tert-OH is 1. The van der Waals surface area contributed by atoms with Crippen molar-refractivity contribution < 1.29 is 19.4 Å². The van der Waals surface area contributed by atoms with E-state index in [1.165, 1.54) is 0 Å². The summed E-state index contributed by atoms with van der Waals surface area (Å²) in [6.07, 6.45) is 3.52. The Labute approximate surface area is 130 Å². The van der Waals surface area contributed by atoms with E-state index < -0.39 is 11.6 Å². The van der Waals surface area contributed by atoms with Gasteiger partial charge in [-0.1, -0.05) is 30.3 Å². The summed E-state index contributed by atoms with van der Waals surface area (Å²) in [5, 5.41) is 12.5. The fourth-order valence-corrected chi connectivity index (χ4v) is 3.96. The van der Waals surface area contributed by atoms with Crippen molar-refractivity contribution in [2.75, 3.05) is 13.7 Å². The minimum Gasteiger partial charge on any atom is -0.445 e. The van der Waals surface area contributed by atoms with Crippen LogP contribution in [-0.2, 0) is 16.1 Å². The number of methoxy groups -OCH3 is 1. The standard InChI is InChI=1S/C17H23NO4/c1-21-14-7-16(8-14)10-17(11-16,12-19)18-15(20)22-9-13-5-3-2-4-6-13/h2-6,14,19H,7-12H2,1H3,(H,18,20). The van der Waals surface area contributed by atoms with Crippen LogP contribution in [-0.4, -0.2) is 36.6 Å². The van der Waals surface area contributed by atoms with E-state index in [1.807, 2.05) is 30.3 Å². The third kappa shape index (κ3) is 2.96. The van der Waals surface area contributed by atoms with Gasteiger partial charge in [0, 0.05) is 7.11 Å². The molecule has 0 bridgehead atoms. The molecule has 2 saturated carbocycles. The molecule has 2 N–H and O–H groups in total. The Morgan fingerprint density at radius 1 is 1.32 bits per heavy atom. The lowest BCUT2D eigenvalue weighted by Gasteiger charge is -2.62. The molecule has 0 saturated heterocycles. The van der Waals surface area contributed by atoms with E-state index in [2.05, 4.69) is 5.32 Å². The zero-order valence-corrected chi connectivity index (χ0v) is 12.9. The van der Waals surface area contributed by atoms with E-state index in [0.29, 0.717) is 6.10 Å². The summed E-state index contributed by atoms with van der Waals surface area (Å²) in [5.41, 5.74) is 0.672. The molecule has 1 amide bonds. The van der Waals surface area contributed by atoms with Crippen LogP contribution in [0.3, 0.4) is 0 Å². The van der Waals surface area contributed by atoms with Crippen molar-refractivity contribution in [3.05, 3.63) is 35.9 Å². The number of hydrogen-bond donors (Lipinski definition) is 2. The third-order valence-electron chi connectivity index (χ3n) is 4.96. The SMILES string of the molecule is COC1CC2(C1)CC(CO)(NC(=O)OCc1ccccc1)C2. The molecule has 0 heterocycles. The van der Waals surface area contributed by atoms with Crippen molar-refractivity contribution in [2.24, 2.45) is 5.41 Å². The van der Waals surface area contributed by atoms with Gasteiger partial charge in [-0.3, -0.25) is 0 Å². The van der Waals surface area contributed by atoms with Crippen LogP contribution in [0.15, 0.2) is 30.3 Å². The third-order valence-corrected chi connectivity index (χ3v) is 4.96. The van der Waals surface area contributed by atoms with Gasteiger partial charge in [-0.05, 0) is 36.7 Å². The minimum absolute atomic E-state index is 0.0488. The van der Waals surface area contributed by atoms with Crippen LogP contribution >= 0.6 is 0 Å². The zero-order chi connectivity index (χ0) is 15.6. The van der Waals surface area contributed by atoms with E-state index in [0.717, 1.165) is 31.2 Å². The maximum Gasteiger partial charge on any atom is 0.407 e. The number of rotatable bonds is 5. The van der Waals surface area contributed by atoms with Gasteiger partial charge in [-0.15, -0.1) is 0 Å². The molecule has 0 unspecified atom stereocenters. The number of alkyl carbamates (subject to hydrolysis) is 1. The lowest BCUT2D eigenvalue weighted by Crippen LogP contribution is -2.68. The highest BCUT2D eigenvalue weighted by molar-refractivity contribution is 5.68. The average molecular weight is 305 g/mol. The number of amides is 1. The number of hydrogen-bond acceptors (Lipinski definition) is 4. The molecular weight excluding hydrogens is 282 g/mol. The van der Waals surface area contributed by atoms with Gasteiger partial charge in [-0.2, -0.15) is 0 Å². The van der Waals surface area contributed by atoms with Crippen LogP contribution in [0, 0.1) is 5.41 Å². The van der Waals surface area contributed by atoms with Gasteiger partial charge >= 0.3 is 6.09 Å². The number of carbonyl (C=O) groups is 1. The second-order valence-electron chi connectivity index (χ2n) is 6.74. The van der Waals surface area contributed by atoms with Crippen molar-refractivity contribution in [1.29, 1.82) is 0 Å². The quantitative estimate of drug-likeness (QED) is 0.875. The molecule has 0 atom stereocenters. The fourth-order valence-electron chi connectivity index (χ4n) is 3.96. The molecule has 2 aliphatic rings. The Bertz CT molecular complexity index is 517. The van der Waals surface area contributed by atoms with Gasteiger partial charge in [0.25, 0.3) is 0 Å². The molecule has 5 heteroatoms. The number of benzene rings is 1. The number of nitrogens with one attached hydrogen (secondary N) is 1. The van der Waals surface area contributed by atoms with Gasteiger partial charge in [0.15, 0.2) is 0 Å². The zero-order valence-electron chi connectivity index (χ0n) is 12.9. The Balaban J connectivity index is 1.46. The van der Waals surface area contributed by atoms with Crippen LogP contribution in [0.4, 0.5) is 4.79 Å². The van der Waals surface area contributed by atoms with E-state index in [1.54, 1.807) is 7.11 Å². The molecule has 5 nitrogen and oxygen atoms in total. The molecule has 3 rings (SSSR count). The first-order valence-electron chi connectivity index (χ1n) is 7.71. The van der Waals surface area contributed by atoms with Crippen molar-refractivity contribution in [3.8, 4) is 0 Å². The lowest BCUT2D eigenvalue weighted by molar-refractivity contribution is -0.151. The molecule has 2 aliphatic carbocycles. The maximum atomic E-state index is 12.0. The van der Waals surface area contributed by atoms with Crippen LogP contribution in [0.1, 0.15) is 31.2 Å². The Morgan fingerprint density at radius 3 is 2.59 bits per heavy atom. The van der Waals surface area contributed by atoms with Gasteiger partial charge in [0.2, 0.25) is 0 Å². The first kappa shape index (κ1) is 15.3. The average Bonchev–Trinajstić information content (AvgIpc) is 2.47. The van der Waals surface area contributed by atoms with Gasteiger partial charge in [-0.25, -0.2) is 4.79 Å². The van der Waals surface area contributed by atoms with Gasteiger partial charge in [0.05, 0.1) is 18.2 Å². The highest BCUT2D eigenvalue weighted by Crippen LogP contribution is 2.60. The van der Waals surface area contributed by atoms with Crippen molar-refractivity contribution in [3.63, 3.8) is 0 Å². The van der Waals surface area contributed by atoms with E-state index in [4.69, 9.17) is 9.47 Å². The smallest absolute Gasteiger partial charge is 0.407 e. The monoisotopic (exact) mass is 305 g/mol. The molecule has 0 radical (unpaired) electrons. The topological polar surface area (TPSA) is 67.8 Å². The molecule has 0 aromatic heterocycles. The normalized spacial score (nSPS) is 32.9. The lowest BCUT2D eigenvalue weighted by atomic mass is 9.47. The van der Waals surface area contributed by atoms with Crippen molar-refractivity contribution in [2.45, 2.75) is 43.9 Å². The number of aliphatic hydroxyl groups is 1. The van der Waals surface area contributed by atoms with E-state index in [9.17, 15) is 9.90 Å². The predicted octanol–water partition coefficient (Wildman–Crippen LogP) is 2.23. The second kappa shape index (κ2) is 5.89. The van der Waals surface area contributed by atoms with E-state index >= 15 is 0 Å². The summed E-state index contributed by atoms with van der Waals surface area (Å²) in [7, 11) is 1.73. The molecule has 1 aromatic rings. The summed E-state index contributed by atoms with van der Waals surface area (Å²) < 4.78 is 10.6. The van der Waals surface area contributed by atoms with Gasteiger partial charge < -0.3 is 19.9 Å². The summed E-state index contributed by atoms with van der Waals surface area (Å²) in [6.45, 7) is 0.192. The highest BCUT2D eigenvalue weighted by Gasteiger charge is 2.60. The largest absolute Gasteiger partial charge is 0.445 e. The van der Waals surface area contributed by atoms with Crippen molar-refractivity contribution >= 4 is 6.09 Å². The van der Waals surface area contributed by atoms with E-state index in [-0.39, 0.29) is 18.6 Å². The minimum atomic E-state index is -0.521. The molecule has 0 aliphatic heterocycles. The van der Waals surface area contributed by atoms with Crippen LogP contribution in [0.5, 0.6) is 0 Å². The highest BCUT2D eigenvalue weighted by atomic mass is 16.5. The van der Waals surface area contributed by atoms with Crippen molar-refractivity contribution in [1.82, 2.24) is 5.32 Å². The number of ether oxygens (including phenoxy) is 2. The first-order chi connectivity index (χ1) is 10.6. The molecule has 1 aromatic carbocycles. The number of carbonyl (C=O) groups excluding carboxylic acids is 1. The molecule has 1 spiro atoms. The fraction of sp³-hybridized carbons (Fsp3) is 0.588. The Kier molecular flexibility index (Phi) is 4.10. The maximum absolute atomic E-state index is 12.0. The van der Waals surface area contributed by atoms with Crippen LogP contribution in [0.25, 0.3) is 0 Å². The predicted molar refractivity (Wildman–Crippen MR) is 81.3 cm³/mol.